The highest BCUT2D eigenvalue weighted by molar-refractivity contribution is 9.10. The van der Waals surface area contributed by atoms with Gasteiger partial charge in [0.25, 0.3) is 11.8 Å². The van der Waals surface area contributed by atoms with E-state index in [1.807, 2.05) is 6.07 Å². The fourth-order valence-corrected chi connectivity index (χ4v) is 2.44. The van der Waals surface area contributed by atoms with E-state index in [9.17, 15) is 4.79 Å². The fourth-order valence-electron chi connectivity index (χ4n) is 2.14. The zero-order valence-electron chi connectivity index (χ0n) is 12.6. The van der Waals surface area contributed by atoms with E-state index in [0.29, 0.717) is 21.9 Å². The normalized spacial score (nSPS) is 12.7. The van der Waals surface area contributed by atoms with E-state index in [-0.39, 0.29) is 18.7 Å². The van der Waals surface area contributed by atoms with Crippen LogP contribution in [-0.2, 0) is 4.79 Å². The lowest BCUT2D eigenvalue weighted by atomic mass is 10.2. The first-order valence-electron chi connectivity index (χ1n) is 7.15. The largest absolute Gasteiger partial charge is 0.454 e. The van der Waals surface area contributed by atoms with Crippen LogP contribution < -0.4 is 14.8 Å². The van der Waals surface area contributed by atoms with Crippen molar-refractivity contribution >= 4 is 33.9 Å². The average Bonchev–Trinajstić information content (AvgIpc) is 3.32. The van der Waals surface area contributed by atoms with Crippen LogP contribution in [0.25, 0.3) is 17.7 Å². The van der Waals surface area contributed by atoms with Crippen molar-refractivity contribution in [1.82, 2.24) is 10.2 Å². The van der Waals surface area contributed by atoms with Crippen molar-refractivity contribution in [3.63, 3.8) is 0 Å². The topological polar surface area (TPSA) is 99.6 Å². The SMILES string of the molecule is O=C(/C=C/c1ccc2c(c1)OCO2)Nc1nnc(-c2ccc(Br)o2)o1. The number of amides is 1. The second-order valence-corrected chi connectivity index (χ2v) is 5.73. The third-order valence-electron chi connectivity index (χ3n) is 3.26. The Labute approximate surface area is 149 Å². The highest BCUT2D eigenvalue weighted by Crippen LogP contribution is 2.32. The number of aromatic nitrogens is 2. The van der Waals surface area contributed by atoms with Gasteiger partial charge in [-0.3, -0.25) is 10.1 Å². The maximum absolute atomic E-state index is 12.0. The maximum Gasteiger partial charge on any atom is 0.322 e. The van der Waals surface area contributed by atoms with E-state index in [2.05, 4.69) is 31.4 Å². The first-order valence-corrected chi connectivity index (χ1v) is 7.94. The summed E-state index contributed by atoms with van der Waals surface area (Å²) in [6.07, 6.45) is 2.99. The number of carbonyl (C=O) groups is 1. The second-order valence-electron chi connectivity index (χ2n) is 4.95. The molecule has 1 aromatic carbocycles. The molecule has 1 aliphatic rings. The number of ether oxygens (including phenoxy) is 2. The van der Waals surface area contributed by atoms with E-state index in [4.69, 9.17) is 18.3 Å². The van der Waals surface area contributed by atoms with Gasteiger partial charge in [-0.05, 0) is 51.8 Å². The molecule has 4 rings (SSSR count). The Morgan fingerprint density at radius 1 is 1.12 bits per heavy atom. The monoisotopic (exact) mass is 403 g/mol. The Morgan fingerprint density at radius 2 is 2.00 bits per heavy atom. The lowest BCUT2D eigenvalue weighted by Crippen LogP contribution is -2.07. The molecule has 9 heteroatoms. The van der Waals surface area contributed by atoms with Crippen molar-refractivity contribution in [1.29, 1.82) is 0 Å². The molecule has 0 unspecified atom stereocenters. The predicted octanol–water partition coefficient (Wildman–Crippen LogP) is 3.47. The summed E-state index contributed by atoms with van der Waals surface area (Å²) in [4.78, 5) is 12.0. The van der Waals surface area contributed by atoms with Crippen molar-refractivity contribution < 1.29 is 23.1 Å². The Morgan fingerprint density at radius 3 is 2.84 bits per heavy atom. The number of rotatable bonds is 4. The first-order chi connectivity index (χ1) is 12.2. The van der Waals surface area contributed by atoms with Crippen LogP contribution in [0.4, 0.5) is 6.01 Å². The number of nitrogens with one attached hydrogen (secondary N) is 1. The smallest absolute Gasteiger partial charge is 0.322 e. The summed E-state index contributed by atoms with van der Waals surface area (Å²) >= 11 is 3.19. The lowest BCUT2D eigenvalue weighted by molar-refractivity contribution is -0.112. The lowest BCUT2D eigenvalue weighted by Gasteiger charge is -1.98. The van der Waals surface area contributed by atoms with Crippen LogP contribution in [0.1, 0.15) is 5.56 Å². The molecule has 0 saturated carbocycles. The molecule has 0 atom stereocenters. The number of fused-ring (bicyclic) bond motifs is 1. The second kappa shape index (κ2) is 6.44. The maximum atomic E-state index is 12.0. The Kier molecular flexibility index (Phi) is 3.98. The van der Waals surface area contributed by atoms with Crippen molar-refractivity contribution in [2.45, 2.75) is 0 Å². The van der Waals surface area contributed by atoms with Gasteiger partial charge < -0.3 is 18.3 Å². The molecule has 2 aromatic heterocycles. The molecular weight excluding hydrogens is 394 g/mol. The molecule has 3 heterocycles. The van der Waals surface area contributed by atoms with Crippen LogP contribution in [0.15, 0.2) is 49.9 Å². The zero-order valence-corrected chi connectivity index (χ0v) is 14.1. The van der Waals surface area contributed by atoms with Crippen LogP contribution in [0.3, 0.4) is 0 Å². The van der Waals surface area contributed by atoms with Crippen LogP contribution in [0.2, 0.25) is 0 Å². The molecule has 0 spiro atoms. The molecule has 3 aromatic rings. The molecular formula is C16H10BrN3O5. The summed E-state index contributed by atoms with van der Waals surface area (Å²) in [5, 5.41) is 10.0. The molecule has 0 fully saturated rings. The van der Waals surface area contributed by atoms with Gasteiger partial charge in [-0.2, -0.15) is 0 Å². The summed E-state index contributed by atoms with van der Waals surface area (Å²) in [7, 11) is 0. The Bertz CT molecular complexity index is 962. The number of carbonyl (C=O) groups excluding carboxylic acids is 1. The summed E-state index contributed by atoms with van der Waals surface area (Å²) in [5.74, 6) is 1.49. The molecule has 1 aliphatic heterocycles. The number of benzene rings is 1. The van der Waals surface area contributed by atoms with Crippen molar-refractivity contribution in [3.8, 4) is 23.1 Å². The van der Waals surface area contributed by atoms with Gasteiger partial charge in [0, 0.05) is 6.08 Å². The van der Waals surface area contributed by atoms with Gasteiger partial charge in [0.1, 0.15) is 0 Å². The first kappa shape index (κ1) is 15.5. The molecule has 0 bridgehead atoms. The van der Waals surface area contributed by atoms with Gasteiger partial charge >= 0.3 is 6.01 Å². The van der Waals surface area contributed by atoms with E-state index in [1.54, 1.807) is 30.3 Å². The van der Waals surface area contributed by atoms with Gasteiger partial charge in [0.05, 0.1) is 0 Å². The third-order valence-corrected chi connectivity index (χ3v) is 3.69. The third kappa shape index (κ3) is 3.41. The quantitative estimate of drug-likeness (QED) is 0.665. The van der Waals surface area contributed by atoms with Gasteiger partial charge in [-0.25, -0.2) is 0 Å². The number of hydrogen-bond donors (Lipinski definition) is 1. The molecule has 1 N–H and O–H groups in total. The summed E-state index contributed by atoms with van der Waals surface area (Å²) < 4.78 is 21.7. The van der Waals surface area contributed by atoms with Gasteiger partial charge in [0.15, 0.2) is 21.9 Å². The molecule has 25 heavy (non-hydrogen) atoms. The van der Waals surface area contributed by atoms with E-state index < -0.39 is 5.91 Å². The standard InChI is InChI=1S/C16H10BrN3O5/c17-13-5-4-11(24-13)15-19-20-16(25-15)18-14(21)6-2-9-1-3-10-12(7-9)23-8-22-10/h1-7H,8H2,(H,18,20,21)/b6-2+. The van der Waals surface area contributed by atoms with Crippen molar-refractivity contribution in [2.24, 2.45) is 0 Å². The van der Waals surface area contributed by atoms with Gasteiger partial charge in [-0.15, -0.1) is 5.10 Å². The minimum Gasteiger partial charge on any atom is -0.454 e. The predicted molar refractivity (Wildman–Crippen MR) is 89.9 cm³/mol. The van der Waals surface area contributed by atoms with E-state index in [1.165, 1.54) is 6.08 Å². The minimum absolute atomic E-state index is 0.0251. The highest BCUT2D eigenvalue weighted by atomic mass is 79.9. The molecule has 126 valence electrons. The Hall–Kier alpha value is -3.07. The molecule has 0 saturated heterocycles. The molecule has 0 aliphatic carbocycles. The van der Waals surface area contributed by atoms with Crippen LogP contribution in [0, 0.1) is 0 Å². The summed E-state index contributed by atoms with van der Waals surface area (Å²) in [5.41, 5.74) is 0.797. The molecule has 1 amide bonds. The summed E-state index contributed by atoms with van der Waals surface area (Å²) in [6, 6.07) is 8.73. The number of furan rings is 1. The fraction of sp³-hybridized carbons (Fsp3) is 0.0625. The Balaban J connectivity index is 1.41. The van der Waals surface area contributed by atoms with Crippen LogP contribution in [-0.4, -0.2) is 22.9 Å². The number of anilines is 1. The highest BCUT2D eigenvalue weighted by Gasteiger charge is 2.14. The van der Waals surface area contributed by atoms with Crippen molar-refractivity contribution in [2.75, 3.05) is 12.1 Å². The average molecular weight is 404 g/mol. The van der Waals surface area contributed by atoms with Gasteiger partial charge in [-0.1, -0.05) is 11.2 Å². The number of halogens is 1. The zero-order chi connectivity index (χ0) is 17.2. The van der Waals surface area contributed by atoms with Crippen LogP contribution in [0.5, 0.6) is 11.5 Å². The van der Waals surface area contributed by atoms with Gasteiger partial charge in [0.2, 0.25) is 6.79 Å². The molecule has 0 radical (unpaired) electrons. The summed E-state index contributed by atoms with van der Waals surface area (Å²) in [6.45, 7) is 0.203. The van der Waals surface area contributed by atoms with Crippen LogP contribution >= 0.6 is 15.9 Å². The number of hydrogen-bond acceptors (Lipinski definition) is 7. The van der Waals surface area contributed by atoms with E-state index in [0.717, 1.165) is 5.56 Å². The van der Waals surface area contributed by atoms with E-state index >= 15 is 0 Å². The van der Waals surface area contributed by atoms with Crippen molar-refractivity contribution in [3.05, 3.63) is 46.6 Å². The molecule has 8 nitrogen and oxygen atoms in total. The number of nitrogens with zero attached hydrogens (tertiary/aromatic N) is 2. The minimum atomic E-state index is -0.409.